The third-order valence-corrected chi connectivity index (χ3v) is 10.0. The smallest absolute Gasteiger partial charge is 0.247 e. The molecule has 3 aromatic carbocycles. The van der Waals surface area contributed by atoms with Crippen molar-refractivity contribution < 1.29 is 23.5 Å². The van der Waals surface area contributed by atoms with Crippen LogP contribution in [0.25, 0.3) is 5.70 Å². The summed E-state index contributed by atoms with van der Waals surface area (Å²) in [5.74, 6) is -0.580. The first kappa shape index (κ1) is 39.3. The molecule has 0 aromatic heterocycles. The number of hydrogen-bond acceptors (Lipinski definition) is 9. The summed E-state index contributed by atoms with van der Waals surface area (Å²) in [6.45, 7) is 3.81. The number of benzene rings is 3. The van der Waals surface area contributed by atoms with Gasteiger partial charge in [-0.2, -0.15) is 0 Å². The molecule has 3 aromatic rings. The van der Waals surface area contributed by atoms with Gasteiger partial charge in [0.2, 0.25) is 11.8 Å². The van der Waals surface area contributed by atoms with E-state index < -0.39 is 29.3 Å². The summed E-state index contributed by atoms with van der Waals surface area (Å²) in [4.78, 5) is 29.2. The molecule has 0 aliphatic carbocycles. The summed E-state index contributed by atoms with van der Waals surface area (Å²) in [6.07, 6.45) is 4.33. The van der Waals surface area contributed by atoms with E-state index >= 15 is 4.39 Å². The summed E-state index contributed by atoms with van der Waals surface area (Å²) in [5, 5.41) is 20.0. The fourth-order valence-corrected chi connectivity index (χ4v) is 6.87. The number of piperidine rings is 1. The quantitative estimate of drug-likeness (QED) is 0.126. The van der Waals surface area contributed by atoms with E-state index in [4.69, 9.17) is 32.7 Å². The van der Waals surface area contributed by atoms with E-state index in [1.165, 1.54) is 19.2 Å². The fraction of sp³-hybridized carbons (Fsp3) is 0.421. The molecule has 1 unspecified atom stereocenters. The van der Waals surface area contributed by atoms with Gasteiger partial charge in [-0.1, -0.05) is 35.3 Å². The number of amides is 2. The first-order valence-electron chi connectivity index (χ1n) is 17.4. The summed E-state index contributed by atoms with van der Waals surface area (Å²) >= 11 is 12.3. The number of carbonyl (C=O) groups excluding carboxylic acids is 2. The first-order chi connectivity index (χ1) is 25.0. The highest BCUT2D eigenvalue weighted by Gasteiger charge is 2.41. The van der Waals surface area contributed by atoms with Crippen molar-refractivity contribution in [1.82, 2.24) is 36.8 Å². The lowest BCUT2D eigenvalue weighted by molar-refractivity contribution is -0.142. The lowest BCUT2D eigenvalue weighted by atomic mass is 9.82. The minimum atomic E-state index is -0.940. The van der Waals surface area contributed by atoms with Crippen molar-refractivity contribution in [3.8, 4) is 11.5 Å². The second kappa shape index (κ2) is 18.2. The zero-order valence-electron chi connectivity index (χ0n) is 30.0. The highest BCUT2D eigenvalue weighted by Crippen LogP contribution is 2.32. The van der Waals surface area contributed by atoms with Crippen molar-refractivity contribution in [3.63, 3.8) is 0 Å². The van der Waals surface area contributed by atoms with Crippen LogP contribution < -0.4 is 36.6 Å². The van der Waals surface area contributed by atoms with Gasteiger partial charge in [-0.05, 0) is 99.4 Å². The van der Waals surface area contributed by atoms with Crippen LogP contribution in [0.2, 0.25) is 10.0 Å². The Bertz CT molecular complexity index is 1700. The Balaban J connectivity index is 1.23. The maximum atomic E-state index is 15.3. The van der Waals surface area contributed by atoms with E-state index in [2.05, 4.69) is 31.9 Å². The number of ether oxygens (including phenoxy) is 2. The van der Waals surface area contributed by atoms with Crippen LogP contribution in [0, 0.1) is 5.82 Å². The van der Waals surface area contributed by atoms with Gasteiger partial charge in [0.05, 0.1) is 23.9 Å². The minimum Gasteiger partial charge on any atom is -0.457 e. The fourth-order valence-electron chi connectivity index (χ4n) is 6.55. The third kappa shape index (κ3) is 9.94. The van der Waals surface area contributed by atoms with Crippen molar-refractivity contribution in [2.45, 2.75) is 56.5 Å². The Morgan fingerprint density at radius 1 is 1.10 bits per heavy atom. The van der Waals surface area contributed by atoms with Crippen LogP contribution in [-0.2, 0) is 27.3 Å². The number of carbonyl (C=O) groups is 2. The molecule has 2 heterocycles. The predicted molar refractivity (Wildman–Crippen MR) is 203 cm³/mol. The van der Waals surface area contributed by atoms with Gasteiger partial charge in [0.15, 0.2) is 0 Å². The molecule has 1 fully saturated rings. The predicted octanol–water partition coefficient (Wildman–Crippen LogP) is 4.39. The van der Waals surface area contributed by atoms with Crippen LogP contribution in [0.5, 0.6) is 11.5 Å². The van der Waals surface area contributed by atoms with Crippen LogP contribution in [0.15, 0.2) is 66.9 Å². The molecule has 52 heavy (non-hydrogen) atoms. The summed E-state index contributed by atoms with van der Waals surface area (Å²) in [6, 6.07) is 16.0. The van der Waals surface area contributed by atoms with E-state index in [-0.39, 0.29) is 41.6 Å². The number of rotatable bonds is 16. The number of nitrogens with one attached hydrogen (secondary N) is 6. The second-order valence-corrected chi connectivity index (χ2v) is 14.2. The van der Waals surface area contributed by atoms with Gasteiger partial charge in [-0.3, -0.25) is 9.59 Å². The zero-order valence-corrected chi connectivity index (χ0v) is 31.5. The molecule has 280 valence electrons. The van der Waals surface area contributed by atoms with E-state index in [1.807, 2.05) is 49.6 Å². The molecule has 5 rings (SSSR count). The lowest BCUT2D eigenvalue weighted by Crippen LogP contribution is -2.64. The number of halogens is 3. The Morgan fingerprint density at radius 3 is 2.52 bits per heavy atom. The molecule has 0 radical (unpaired) electrons. The van der Waals surface area contributed by atoms with E-state index in [9.17, 15) is 9.59 Å². The number of methoxy groups -OCH3 is 1. The van der Waals surface area contributed by atoms with Gasteiger partial charge in [-0.25, -0.2) is 4.39 Å². The SMILES string of the molecule is CNCC1NC=C(c2ccc(Oc3cc(Cl)cc(F)c3CN[C@@H](C)C(=O)N[C@@H](COC)C(=O)N(C)[C@@]3(Cc4ccc(Cl)cc4)CCCNC3)cc2)N1. The monoisotopic (exact) mass is 755 g/mol. The highest BCUT2D eigenvalue weighted by atomic mass is 35.5. The van der Waals surface area contributed by atoms with Crippen LogP contribution in [0.4, 0.5) is 4.39 Å². The normalized spacial score (nSPS) is 19.5. The average Bonchev–Trinajstić information content (AvgIpc) is 3.60. The Hall–Kier alpha value is -3.91. The molecule has 14 heteroatoms. The maximum Gasteiger partial charge on any atom is 0.247 e. The molecule has 0 spiro atoms. The van der Waals surface area contributed by atoms with Gasteiger partial charge < -0.3 is 46.3 Å². The summed E-state index contributed by atoms with van der Waals surface area (Å²) in [5.41, 5.74) is 2.65. The third-order valence-electron chi connectivity index (χ3n) is 9.54. The Labute approximate surface area is 315 Å². The Morgan fingerprint density at radius 2 is 1.85 bits per heavy atom. The van der Waals surface area contributed by atoms with E-state index in [1.54, 1.807) is 31.0 Å². The number of nitrogens with zero attached hydrogens (tertiary/aromatic N) is 1. The van der Waals surface area contributed by atoms with Crippen LogP contribution in [0.3, 0.4) is 0 Å². The molecule has 1 saturated heterocycles. The molecule has 0 bridgehead atoms. The molecule has 6 N–H and O–H groups in total. The average molecular weight is 757 g/mol. The topological polar surface area (TPSA) is 128 Å². The first-order valence-corrected chi connectivity index (χ1v) is 18.2. The molecule has 0 saturated carbocycles. The Kier molecular flexibility index (Phi) is 13.8. The van der Waals surface area contributed by atoms with Crippen molar-refractivity contribution in [2.24, 2.45) is 0 Å². The van der Waals surface area contributed by atoms with Gasteiger partial charge in [0.25, 0.3) is 0 Å². The molecule has 4 atom stereocenters. The zero-order chi connectivity index (χ0) is 37.3. The highest BCUT2D eigenvalue weighted by molar-refractivity contribution is 6.31. The van der Waals surface area contributed by atoms with Crippen molar-refractivity contribution in [3.05, 3.63) is 99.4 Å². The minimum absolute atomic E-state index is 0.0188. The van der Waals surface area contributed by atoms with E-state index in [0.717, 1.165) is 42.8 Å². The van der Waals surface area contributed by atoms with Gasteiger partial charge in [-0.15, -0.1) is 0 Å². The van der Waals surface area contributed by atoms with E-state index in [0.29, 0.717) is 23.7 Å². The van der Waals surface area contributed by atoms with Crippen molar-refractivity contribution in [1.29, 1.82) is 0 Å². The number of likely N-dealkylation sites (N-methyl/N-ethyl adjacent to an activating group) is 2. The molecule has 2 aliphatic heterocycles. The number of hydrogen-bond donors (Lipinski definition) is 6. The largest absolute Gasteiger partial charge is 0.457 e. The molecular formula is C38H48Cl2FN7O4. The molecular weight excluding hydrogens is 708 g/mol. The van der Waals surface area contributed by atoms with Crippen LogP contribution in [-0.4, -0.2) is 87.9 Å². The maximum absolute atomic E-state index is 15.3. The second-order valence-electron chi connectivity index (χ2n) is 13.3. The van der Waals surface area contributed by atoms with Crippen molar-refractivity contribution >= 4 is 40.7 Å². The summed E-state index contributed by atoms with van der Waals surface area (Å²) < 4.78 is 26.8. The van der Waals surface area contributed by atoms with Crippen molar-refractivity contribution in [2.75, 3.05) is 47.4 Å². The molecule has 2 amide bonds. The van der Waals surface area contributed by atoms with Gasteiger partial charge in [0.1, 0.15) is 29.5 Å². The van der Waals surface area contributed by atoms with Gasteiger partial charge in [0, 0.05) is 55.6 Å². The molecule has 11 nitrogen and oxygen atoms in total. The van der Waals surface area contributed by atoms with Crippen LogP contribution >= 0.6 is 23.2 Å². The standard InChI is InChI=1S/C38H48Cl2FN7O4/c1-24(36(49)47-33(22-51-4)37(50)48(3)38(14-5-15-43-23-38)18-25-6-10-27(39)11-7-25)44-19-30-31(41)16-28(40)17-34(30)52-29-12-8-26(9-13-29)32-20-45-35(46-32)21-42-2/h6-13,16-17,20,24,33,35,42-46H,5,14-15,18-19,21-23H2,1-4H3,(H,47,49)/t24-,33-,35?,38+/m0/s1. The lowest BCUT2D eigenvalue weighted by Gasteiger charge is -2.46. The summed E-state index contributed by atoms with van der Waals surface area (Å²) in [7, 11) is 5.15. The van der Waals surface area contributed by atoms with Crippen LogP contribution in [0.1, 0.15) is 36.5 Å². The molecule has 2 aliphatic rings. The van der Waals surface area contributed by atoms with Gasteiger partial charge >= 0.3 is 0 Å².